The smallest absolute Gasteiger partial charge is 0.255 e. The molecule has 2 aromatic heterocycles. The van der Waals surface area contributed by atoms with Crippen molar-refractivity contribution in [3.05, 3.63) is 23.0 Å². The zero-order valence-corrected chi connectivity index (χ0v) is 17.9. The van der Waals surface area contributed by atoms with E-state index in [1.54, 1.807) is 0 Å². The second-order valence-electron chi connectivity index (χ2n) is 9.38. The standard InChI is InChI=1S/C22H33N5O/c1-6-11-26(16-9-10-23-13-16)21(28)17-12-18(15-7-8-15)24-20-19(17)14(2)25-27(20)22(3,4)5/h12,15-16,23H,6-11,13H2,1-5H3. The molecule has 0 spiro atoms. The maximum atomic E-state index is 13.8. The molecule has 1 saturated heterocycles. The van der Waals surface area contributed by atoms with E-state index in [-0.39, 0.29) is 17.5 Å². The van der Waals surface area contributed by atoms with Gasteiger partial charge in [-0.1, -0.05) is 6.92 Å². The predicted molar refractivity (Wildman–Crippen MR) is 112 cm³/mol. The topological polar surface area (TPSA) is 63.1 Å². The third-order valence-electron chi connectivity index (χ3n) is 5.89. The molecule has 0 radical (unpaired) electrons. The maximum absolute atomic E-state index is 13.8. The molecule has 4 rings (SSSR count). The van der Waals surface area contributed by atoms with Crippen LogP contribution in [0, 0.1) is 6.92 Å². The SMILES string of the molecule is CCCN(C(=O)c1cc(C2CC2)nc2c1c(C)nn2C(C)(C)C)C1CCNC1. The molecule has 2 aliphatic rings. The normalized spacial score (nSPS) is 20.1. The Labute approximate surface area is 167 Å². The van der Waals surface area contributed by atoms with Crippen molar-refractivity contribution in [1.29, 1.82) is 0 Å². The largest absolute Gasteiger partial charge is 0.334 e. The van der Waals surface area contributed by atoms with Crippen LogP contribution in [0.5, 0.6) is 0 Å². The van der Waals surface area contributed by atoms with Crippen molar-refractivity contribution >= 4 is 16.9 Å². The van der Waals surface area contributed by atoms with Crippen molar-refractivity contribution < 1.29 is 4.79 Å². The number of hydrogen-bond donors (Lipinski definition) is 1. The van der Waals surface area contributed by atoms with E-state index in [0.717, 1.165) is 60.5 Å². The van der Waals surface area contributed by atoms with Gasteiger partial charge in [0.05, 0.1) is 22.2 Å². The van der Waals surface area contributed by atoms with Gasteiger partial charge in [-0.3, -0.25) is 4.79 Å². The minimum absolute atomic E-state index is 0.140. The zero-order valence-electron chi connectivity index (χ0n) is 17.9. The number of carbonyl (C=O) groups is 1. The molecule has 2 fully saturated rings. The molecule has 28 heavy (non-hydrogen) atoms. The van der Waals surface area contributed by atoms with Crippen LogP contribution in [-0.4, -0.2) is 51.2 Å². The van der Waals surface area contributed by atoms with Crippen molar-refractivity contribution in [2.75, 3.05) is 19.6 Å². The number of hydrogen-bond acceptors (Lipinski definition) is 4. The molecular formula is C22H33N5O. The number of amides is 1. The molecule has 152 valence electrons. The lowest BCUT2D eigenvalue weighted by molar-refractivity contribution is 0.0694. The van der Waals surface area contributed by atoms with Gasteiger partial charge in [-0.15, -0.1) is 0 Å². The molecule has 0 bridgehead atoms. The Hall–Kier alpha value is -1.95. The van der Waals surface area contributed by atoms with Crippen LogP contribution in [-0.2, 0) is 5.54 Å². The highest BCUT2D eigenvalue weighted by molar-refractivity contribution is 6.06. The van der Waals surface area contributed by atoms with Gasteiger partial charge >= 0.3 is 0 Å². The van der Waals surface area contributed by atoms with Crippen LogP contribution in [0.1, 0.15) is 81.0 Å². The monoisotopic (exact) mass is 383 g/mol. The Morgan fingerprint density at radius 3 is 2.64 bits per heavy atom. The maximum Gasteiger partial charge on any atom is 0.255 e. The third-order valence-corrected chi connectivity index (χ3v) is 5.89. The Balaban J connectivity index is 1.87. The highest BCUT2D eigenvalue weighted by Gasteiger charge is 2.33. The average molecular weight is 384 g/mol. The van der Waals surface area contributed by atoms with Crippen molar-refractivity contribution in [2.45, 2.75) is 77.8 Å². The van der Waals surface area contributed by atoms with Gasteiger partial charge in [-0.05, 0) is 66.0 Å². The fourth-order valence-electron chi connectivity index (χ4n) is 4.28. The van der Waals surface area contributed by atoms with E-state index in [0.29, 0.717) is 5.92 Å². The molecule has 1 aliphatic carbocycles. The van der Waals surface area contributed by atoms with Gasteiger partial charge < -0.3 is 10.2 Å². The van der Waals surface area contributed by atoms with E-state index in [9.17, 15) is 4.79 Å². The first-order valence-electron chi connectivity index (χ1n) is 10.7. The van der Waals surface area contributed by atoms with E-state index in [1.807, 2.05) is 11.6 Å². The number of aromatic nitrogens is 3. The minimum Gasteiger partial charge on any atom is -0.334 e. The molecule has 1 N–H and O–H groups in total. The molecule has 1 atom stereocenters. The summed E-state index contributed by atoms with van der Waals surface area (Å²) in [5.74, 6) is 0.633. The van der Waals surface area contributed by atoms with E-state index in [2.05, 4.69) is 44.0 Å². The van der Waals surface area contributed by atoms with Gasteiger partial charge in [-0.2, -0.15) is 5.10 Å². The van der Waals surface area contributed by atoms with E-state index >= 15 is 0 Å². The first-order chi connectivity index (χ1) is 13.3. The van der Waals surface area contributed by atoms with E-state index in [1.165, 1.54) is 12.8 Å². The molecule has 3 heterocycles. The van der Waals surface area contributed by atoms with Gasteiger partial charge in [0.25, 0.3) is 5.91 Å². The number of aryl methyl sites for hydroxylation is 1. The molecule has 0 aromatic carbocycles. The number of nitrogens with zero attached hydrogens (tertiary/aromatic N) is 4. The number of rotatable bonds is 5. The summed E-state index contributed by atoms with van der Waals surface area (Å²) < 4.78 is 2.00. The van der Waals surface area contributed by atoms with Crippen molar-refractivity contribution in [3.8, 4) is 0 Å². The summed E-state index contributed by atoms with van der Waals surface area (Å²) in [6.07, 6.45) is 4.32. The molecule has 1 saturated carbocycles. The molecule has 1 amide bonds. The Kier molecular flexibility index (Phi) is 4.94. The van der Waals surface area contributed by atoms with Gasteiger partial charge in [-0.25, -0.2) is 9.67 Å². The summed E-state index contributed by atoms with van der Waals surface area (Å²) in [5.41, 5.74) is 3.42. The summed E-state index contributed by atoms with van der Waals surface area (Å²) in [6.45, 7) is 13.2. The fraction of sp³-hybridized carbons (Fsp3) is 0.682. The highest BCUT2D eigenvalue weighted by Crippen LogP contribution is 2.41. The van der Waals surface area contributed by atoms with Gasteiger partial charge in [0.2, 0.25) is 0 Å². The number of fused-ring (bicyclic) bond motifs is 1. The van der Waals surface area contributed by atoms with Crippen LogP contribution < -0.4 is 5.32 Å². The molecule has 6 nitrogen and oxygen atoms in total. The quantitative estimate of drug-likeness (QED) is 0.857. The lowest BCUT2D eigenvalue weighted by Gasteiger charge is -2.29. The van der Waals surface area contributed by atoms with Gasteiger partial charge in [0.1, 0.15) is 0 Å². The predicted octanol–water partition coefficient (Wildman–Crippen LogP) is 3.59. The summed E-state index contributed by atoms with van der Waals surface area (Å²) in [5, 5.41) is 9.13. The first kappa shape index (κ1) is 19.4. The second-order valence-corrected chi connectivity index (χ2v) is 9.38. The van der Waals surface area contributed by atoms with Gasteiger partial charge in [0, 0.05) is 30.7 Å². The van der Waals surface area contributed by atoms with E-state index in [4.69, 9.17) is 10.1 Å². The molecule has 1 unspecified atom stereocenters. The number of carbonyl (C=O) groups excluding carboxylic acids is 1. The number of nitrogens with one attached hydrogen (secondary N) is 1. The van der Waals surface area contributed by atoms with Crippen LogP contribution >= 0.6 is 0 Å². The lowest BCUT2D eigenvalue weighted by Crippen LogP contribution is -2.42. The van der Waals surface area contributed by atoms with Crippen LogP contribution in [0.4, 0.5) is 0 Å². The van der Waals surface area contributed by atoms with Gasteiger partial charge in [0.15, 0.2) is 5.65 Å². The average Bonchev–Trinajstić information content (AvgIpc) is 3.24. The summed E-state index contributed by atoms with van der Waals surface area (Å²) >= 11 is 0. The lowest BCUT2D eigenvalue weighted by atomic mass is 10.0. The molecule has 2 aromatic rings. The first-order valence-corrected chi connectivity index (χ1v) is 10.7. The fourth-order valence-corrected chi connectivity index (χ4v) is 4.28. The summed E-state index contributed by atoms with van der Waals surface area (Å²) in [7, 11) is 0. The van der Waals surface area contributed by atoms with Crippen molar-refractivity contribution in [1.82, 2.24) is 25.0 Å². The van der Waals surface area contributed by atoms with Crippen LogP contribution in [0.2, 0.25) is 0 Å². The third kappa shape index (κ3) is 3.43. The summed E-state index contributed by atoms with van der Waals surface area (Å²) in [6, 6.07) is 2.34. The zero-order chi connectivity index (χ0) is 20.1. The van der Waals surface area contributed by atoms with Crippen molar-refractivity contribution in [2.24, 2.45) is 0 Å². The second kappa shape index (κ2) is 7.14. The van der Waals surface area contributed by atoms with Crippen LogP contribution in [0.15, 0.2) is 6.07 Å². The Morgan fingerprint density at radius 2 is 2.07 bits per heavy atom. The van der Waals surface area contributed by atoms with E-state index < -0.39 is 0 Å². The molecule has 1 aliphatic heterocycles. The van der Waals surface area contributed by atoms with Crippen LogP contribution in [0.25, 0.3) is 11.0 Å². The Bertz CT molecular complexity index is 884. The Morgan fingerprint density at radius 1 is 1.32 bits per heavy atom. The molecular weight excluding hydrogens is 350 g/mol. The minimum atomic E-state index is -0.180. The van der Waals surface area contributed by atoms with Crippen LogP contribution in [0.3, 0.4) is 0 Å². The number of pyridine rings is 1. The highest BCUT2D eigenvalue weighted by atomic mass is 16.2. The molecule has 6 heteroatoms. The van der Waals surface area contributed by atoms with Crippen molar-refractivity contribution in [3.63, 3.8) is 0 Å². The summed E-state index contributed by atoms with van der Waals surface area (Å²) in [4.78, 5) is 20.8.